The number of sulfonamides is 1. The van der Waals surface area contributed by atoms with Crippen molar-refractivity contribution in [2.75, 3.05) is 60.0 Å². The van der Waals surface area contributed by atoms with Crippen molar-refractivity contribution in [1.82, 2.24) is 41.1 Å². The first-order chi connectivity index (χ1) is 15.9. The predicted octanol–water partition coefficient (Wildman–Crippen LogP) is -2.40. The first kappa shape index (κ1) is 24.2. The molecule has 0 radical (unpaired) electrons. The maximum atomic E-state index is 13.7. The van der Waals surface area contributed by atoms with Crippen molar-refractivity contribution in [2.45, 2.75) is 61.2 Å². The average molecular weight is 491 g/mol. The Morgan fingerprint density at radius 2 is 1.94 bits per heavy atom. The van der Waals surface area contributed by atoms with Crippen molar-refractivity contribution in [2.24, 2.45) is 5.92 Å². The second-order valence-corrected chi connectivity index (χ2v) is 12.1. The van der Waals surface area contributed by atoms with Crippen molar-refractivity contribution >= 4 is 10.0 Å². The lowest BCUT2D eigenvalue weighted by Crippen LogP contribution is -2.67. The highest BCUT2D eigenvalue weighted by molar-refractivity contribution is 7.90. The van der Waals surface area contributed by atoms with E-state index in [9.17, 15) is 12.8 Å². The van der Waals surface area contributed by atoms with E-state index < -0.39 is 21.4 Å². The van der Waals surface area contributed by atoms with E-state index in [2.05, 4.69) is 31.1 Å². The molecule has 5 aliphatic heterocycles. The van der Waals surface area contributed by atoms with E-state index in [0.29, 0.717) is 38.0 Å². The van der Waals surface area contributed by atoms with Gasteiger partial charge in [0.05, 0.1) is 12.2 Å². The molecular weight excluding hydrogens is 451 g/mol. The number of fused-ring (bicyclic) bond motifs is 1. The topological polar surface area (TPSA) is 113 Å². The van der Waals surface area contributed by atoms with Gasteiger partial charge in [-0.05, 0) is 25.8 Å². The Morgan fingerprint density at radius 3 is 2.70 bits per heavy atom. The van der Waals surface area contributed by atoms with Crippen LogP contribution in [0.4, 0.5) is 4.39 Å². The Morgan fingerprint density at radius 1 is 1.09 bits per heavy atom. The van der Waals surface area contributed by atoms with Crippen LogP contribution in [-0.4, -0.2) is 125 Å². The monoisotopic (exact) mass is 490 g/mol. The quantitative estimate of drug-likeness (QED) is 0.276. The number of nitrogens with zero attached hydrogens (tertiary/aromatic N) is 3. The number of alkyl halides is 1. The number of hydrazine groups is 2. The zero-order valence-electron chi connectivity index (χ0n) is 19.5. The van der Waals surface area contributed by atoms with Gasteiger partial charge in [0, 0.05) is 71.4 Å². The minimum absolute atomic E-state index is 0.0250. The van der Waals surface area contributed by atoms with Crippen LogP contribution in [0.3, 0.4) is 0 Å². The maximum Gasteiger partial charge on any atom is 0.217 e. The van der Waals surface area contributed by atoms with Gasteiger partial charge in [-0.2, -0.15) is 0 Å². The van der Waals surface area contributed by atoms with Gasteiger partial charge >= 0.3 is 0 Å². The Bertz CT molecular complexity index is 793. The van der Waals surface area contributed by atoms with Crippen molar-refractivity contribution in [3.05, 3.63) is 0 Å². The Hall–Kier alpha value is -0.480. The van der Waals surface area contributed by atoms with Crippen LogP contribution in [0.1, 0.15) is 19.3 Å². The van der Waals surface area contributed by atoms with Gasteiger partial charge in [0.2, 0.25) is 10.0 Å². The van der Waals surface area contributed by atoms with Crippen LogP contribution in [0.25, 0.3) is 0 Å². The number of halogens is 1. The Kier molecular flexibility index (Phi) is 7.25. The predicted molar refractivity (Wildman–Crippen MR) is 122 cm³/mol. The van der Waals surface area contributed by atoms with Crippen LogP contribution in [0, 0.1) is 5.92 Å². The number of ether oxygens (including phenoxy) is 1. The first-order valence-electron chi connectivity index (χ1n) is 12.2. The molecule has 5 heterocycles. The number of likely N-dealkylation sites (tertiary alicyclic amines) is 1. The van der Waals surface area contributed by atoms with E-state index in [4.69, 9.17) is 4.74 Å². The molecule has 190 valence electrons. The molecule has 7 unspecified atom stereocenters. The van der Waals surface area contributed by atoms with E-state index >= 15 is 0 Å². The lowest BCUT2D eigenvalue weighted by atomic mass is 9.90. The number of nitrogens with one attached hydrogen (secondary N) is 5. The molecule has 33 heavy (non-hydrogen) atoms. The lowest BCUT2D eigenvalue weighted by Gasteiger charge is -2.42. The van der Waals surface area contributed by atoms with Gasteiger partial charge in [-0.15, -0.1) is 0 Å². The fourth-order valence-electron chi connectivity index (χ4n) is 6.28. The highest BCUT2D eigenvalue weighted by Gasteiger charge is 2.48. The molecule has 5 N–H and O–H groups in total. The summed E-state index contributed by atoms with van der Waals surface area (Å²) in [6.07, 6.45) is 1.42. The highest BCUT2D eigenvalue weighted by Crippen LogP contribution is 2.27. The van der Waals surface area contributed by atoms with Crippen LogP contribution in [0.2, 0.25) is 0 Å². The summed E-state index contributed by atoms with van der Waals surface area (Å²) in [4.78, 5) is 2.26. The number of hydrogen-bond donors (Lipinski definition) is 5. The molecule has 5 aliphatic rings. The van der Waals surface area contributed by atoms with E-state index in [-0.39, 0.29) is 24.5 Å². The minimum Gasteiger partial charge on any atom is -0.365 e. The largest absolute Gasteiger partial charge is 0.365 e. The average Bonchev–Trinajstić information content (AvgIpc) is 3.54. The van der Waals surface area contributed by atoms with Crippen LogP contribution in [0.15, 0.2) is 0 Å². The summed E-state index contributed by atoms with van der Waals surface area (Å²) >= 11 is 0. The molecule has 0 bridgehead atoms. The van der Waals surface area contributed by atoms with E-state index in [1.807, 2.05) is 17.1 Å². The number of piperidine rings is 2. The number of hydrogen-bond acceptors (Lipinski definition) is 10. The van der Waals surface area contributed by atoms with E-state index in [0.717, 1.165) is 39.0 Å². The summed E-state index contributed by atoms with van der Waals surface area (Å²) in [5.41, 5.74) is 6.63. The fraction of sp³-hybridized carbons (Fsp3) is 1.00. The molecule has 13 heteroatoms. The smallest absolute Gasteiger partial charge is 0.217 e. The van der Waals surface area contributed by atoms with E-state index in [1.54, 1.807) is 7.11 Å². The normalized spacial score (nSPS) is 43.8. The van der Waals surface area contributed by atoms with Crippen LogP contribution >= 0.6 is 0 Å². The third-order valence-corrected chi connectivity index (χ3v) is 9.93. The van der Waals surface area contributed by atoms with Crippen molar-refractivity contribution < 1.29 is 17.5 Å². The van der Waals surface area contributed by atoms with Gasteiger partial charge in [0.25, 0.3) is 0 Å². The maximum absolute atomic E-state index is 13.7. The Labute approximate surface area is 196 Å². The molecule has 0 aliphatic carbocycles. The third kappa shape index (κ3) is 4.95. The van der Waals surface area contributed by atoms with Gasteiger partial charge in [-0.25, -0.2) is 27.5 Å². The standard InChI is InChI=1S/C20H39FN8O3S/c1-27-19-13(9-24-27)8-23-20(32-2)18(19)26-33(30,31)16-10-25-29(12-16)17-7-15(3-5-22-17)28-6-4-14(21)11-28/h13-20,22-26H,3-12H2,1-2H3/t13?,14-,15?,16?,17?,18?,19?,20?/m0/s1. The first-order valence-corrected chi connectivity index (χ1v) is 13.8. The van der Waals surface area contributed by atoms with Crippen molar-refractivity contribution in [3.63, 3.8) is 0 Å². The number of likely N-dealkylation sites (N-methyl/N-ethyl adjacent to an activating group) is 1. The summed E-state index contributed by atoms with van der Waals surface area (Å²) < 4.78 is 49.1. The molecule has 5 saturated heterocycles. The van der Waals surface area contributed by atoms with Gasteiger partial charge in [-0.3, -0.25) is 21.1 Å². The summed E-state index contributed by atoms with van der Waals surface area (Å²) in [6.45, 7) is 4.56. The molecule has 0 aromatic heterocycles. The van der Waals surface area contributed by atoms with Gasteiger partial charge in [0.15, 0.2) is 0 Å². The van der Waals surface area contributed by atoms with Gasteiger partial charge in [0.1, 0.15) is 17.6 Å². The summed E-state index contributed by atoms with van der Waals surface area (Å²) in [6, 6.07) is -0.0171. The summed E-state index contributed by atoms with van der Waals surface area (Å²) in [7, 11) is -0.0230. The second-order valence-electron chi connectivity index (χ2n) is 10.1. The molecule has 5 rings (SSSR count). The van der Waals surface area contributed by atoms with Crippen LogP contribution in [-0.2, 0) is 14.8 Å². The molecule has 5 fully saturated rings. The number of methoxy groups -OCH3 is 1. The lowest BCUT2D eigenvalue weighted by molar-refractivity contribution is -0.0106. The second kappa shape index (κ2) is 9.88. The molecule has 0 aromatic rings. The van der Waals surface area contributed by atoms with Crippen molar-refractivity contribution in [3.8, 4) is 0 Å². The zero-order chi connectivity index (χ0) is 23.2. The molecule has 0 spiro atoms. The number of rotatable bonds is 6. The molecule has 0 aromatic carbocycles. The molecule has 0 saturated carbocycles. The van der Waals surface area contributed by atoms with Crippen LogP contribution in [0.5, 0.6) is 0 Å². The SMILES string of the molecule is COC1NCC2CNN(C)C2C1NS(=O)(=O)C1CNN(C2CC(N3CC[C@H](F)C3)CCN2)C1. The summed E-state index contributed by atoms with van der Waals surface area (Å²) in [5.74, 6) is 0.310. The molecule has 8 atom stereocenters. The third-order valence-electron chi connectivity index (χ3n) is 8.13. The minimum atomic E-state index is -3.59. The molecule has 11 nitrogen and oxygen atoms in total. The fourth-order valence-corrected chi connectivity index (χ4v) is 7.77. The van der Waals surface area contributed by atoms with Crippen LogP contribution < -0.4 is 26.2 Å². The highest BCUT2D eigenvalue weighted by atomic mass is 32.2. The van der Waals surface area contributed by atoms with Gasteiger partial charge in [-0.1, -0.05) is 0 Å². The summed E-state index contributed by atoms with van der Waals surface area (Å²) in [5, 5.41) is 10.3. The van der Waals surface area contributed by atoms with Crippen molar-refractivity contribution in [1.29, 1.82) is 0 Å². The molecular formula is C20H39FN8O3S. The Balaban J connectivity index is 1.21. The zero-order valence-corrected chi connectivity index (χ0v) is 20.4. The molecule has 0 amide bonds. The van der Waals surface area contributed by atoms with Gasteiger partial charge < -0.3 is 10.1 Å². The van der Waals surface area contributed by atoms with E-state index in [1.165, 1.54) is 0 Å².